The predicted molar refractivity (Wildman–Crippen MR) is 122 cm³/mol. The molecule has 2 aromatic carbocycles. The van der Waals surface area contributed by atoms with Gasteiger partial charge in [0.2, 0.25) is 5.91 Å². The molecule has 7 nitrogen and oxygen atoms in total. The van der Waals surface area contributed by atoms with Crippen LogP contribution in [0.15, 0.2) is 69.9 Å². The average Bonchev–Trinajstić information content (AvgIpc) is 3.25. The van der Waals surface area contributed by atoms with E-state index in [1.807, 2.05) is 6.07 Å². The lowest BCUT2D eigenvalue weighted by atomic mass is 10.2. The van der Waals surface area contributed by atoms with Crippen molar-refractivity contribution >= 4 is 44.9 Å². The van der Waals surface area contributed by atoms with Crippen LogP contribution in [0.25, 0.3) is 16.6 Å². The molecule has 11 heteroatoms. The largest absolute Gasteiger partial charge is 0.435 e. The Morgan fingerprint density at radius 2 is 1.97 bits per heavy atom. The molecule has 4 rings (SSSR count). The van der Waals surface area contributed by atoms with Gasteiger partial charge in [-0.15, -0.1) is 11.3 Å². The molecule has 0 bridgehead atoms. The molecule has 1 amide bonds. The predicted octanol–water partition coefficient (Wildman–Crippen LogP) is 4.65. The van der Waals surface area contributed by atoms with Crippen LogP contribution < -0.4 is 15.6 Å². The summed E-state index contributed by atoms with van der Waals surface area (Å²) < 4.78 is 30.6. The fourth-order valence-corrected chi connectivity index (χ4v) is 4.57. The quantitative estimate of drug-likeness (QED) is 0.303. The standard InChI is InChI=1S/C22H14F2N4O3S2/c23-21(24)31-15-7-5-14(6-8-15)28-20(30)16-3-1-2-4-17(16)26-22(28)33-12-18(29)27-19-13(11-25)9-10-32-19/h1-10,21H,12H2,(H,27,29). The molecule has 0 fully saturated rings. The maximum Gasteiger partial charge on any atom is 0.387 e. The van der Waals surface area contributed by atoms with Crippen molar-refractivity contribution in [1.29, 1.82) is 5.26 Å². The molecule has 2 heterocycles. The van der Waals surface area contributed by atoms with Crippen LogP contribution in [0.5, 0.6) is 5.75 Å². The van der Waals surface area contributed by atoms with E-state index in [0.29, 0.717) is 27.2 Å². The van der Waals surface area contributed by atoms with Gasteiger partial charge in [-0.1, -0.05) is 23.9 Å². The number of alkyl halides is 2. The van der Waals surface area contributed by atoms with Gasteiger partial charge < -0.3 is 10.1 Å². The molecule has 4 aromatic rings. The number of amides is 1. The van der Waals surface area contributed by atoms with Gasteiger partial charge in [0.15, 0.2) is 5.16 Å². The van der Waals surface area contributed by atoms with Gasteiger partial charge in [0.25, 0.3) is 5.56 Å². The van der Waals surface area contributed by atoms with Crippen LogP contribution in [0.3, 0.4) is 0 Å². The summed E-state index contributed by atoms with van der Waals surface area (Å²) in [5.41, 5.74) is 0.846. The minimum Gasteiger partial charge on any atom is -0.435 e. The molecule has 1 N–H and O–H groups in total. The minimum absolute atomic E-state index is 0.0478. The van der Waals surface area contributed by atoms with Crippen LogP contribution in [0, 0.1) is 11.3 Å². The second-order valence-electron chi connectivity index (χ2n) is 6.54. The smallest absolute Gasteiger partial charge is 0.387 e. The van der Waals surface area contributed by atoms with Crippen molar-refractivity contribution in [3.63, 3.8) is 0 Å². The highest BCUT2D eigenvalue weighted by molar-refractivity contribution is 7.99. The first-order chi connectivity index (χ1) is 16.0. The summed E-state index contributed by atoms with van der Waals surface area (Å²) in [5, 5.41) is 14.5. The lowest BCUT2D eigenvalue weighted by Crippen LogP contribution is -2.23. The highest BCUT2D eigenvalue weighted by Gasteiger charge is 2.16. The molecule has 166 valence electrons. The number of benzene rings is 2. The third-order valence-electron chi connectivity index (χ3n) is 4.44. The van der Waals surface area contributed by atoms with Gasteiger partial charge in [-0.05, 0) is 47.8 Å². The number of carbonyl (C=O) groups excluding carboxylic acids is 1. The number of hydrogen-bond acceptors (Lipinski definition) is 7. The number of halogens is 2. The maximum atomic E-state index is 13.2. The van der Waals surface area contributed by atoms with Crippen molar-refractivity contribution in [2.75, 3.05) is 11.1 Å². The summed E-state index contributed by atoms with van der Waals surface area (Å²) in [5.74, 6) is -0.484. The number of thiophene rings is 1. The number of ether oxygens (including phenoxy) is 1. The molecule has 0 aliphatic carbocycles. The Hall–Kier alpha value is -3.75. The topological polar surface area (TPSA) is 97.0 Å². The van der Waals surface area contributed by atoms with Crippen molar-refractivity contribution in [2.24, 2.45) is 0 Å². The van der Waals surface area contributed by atoms with E-state index in [-0.39, 0.29) is 28.1 Å². The zero-order chi connectivity index (χ0) is 23.4. The Morgan fingerprint density at radius 3 is 2.70 bits per heavy atom. The Bertz CT molecular complexity index is 1410. The molecule has 0 aliphatic rings. The Balaban J connectivity index is 1.66. The van der Waals surface area contributed by atoms with Gasteiger partial charge >= 0.3 is 6.61 Å². The zero-order valence-electron chi connectivity index (χ0n) is 16.7. The summed E-state index contributed by atoms with van der Waals surface area (Å²) in [6, 6.07) is 16.0. The fraction of sp³-hybridized carbons (Fsp3) is 0.0909. The van der Waals surface area contributed by atoms with Crippen LogP contribution in [0.2, 0.25) is 0 Å². The summed E-state index contributed by atoms with van der Waals surface area (Å²) in [4.78, 5) is 30.2. The number of rotatable bonds is 7. The summed E-state index contributed by atoms with van der Waals surface area (Å²) >= 11 is 2.27. The first kappa shape index (κ1) is 22.4. The van der Waals surface area contributed by atoms with E-state index in [9.17, 15) is 18.4 Å². The molecule has 0 aliphatic heterocycles. The van der Waals surface area contributed by atoms with E-state index < -0.39 is 6.61 Å². The molecule has 0 atom stereocenters. The Morgan fingerprint density at radius 1 is 1.21 bits per heavy atom. The number of anilines is 1. The van der Waals surface area contributed by atoms with Crippen LogP contribution in [0.4, 0.5) is 13.8 Å². The minimum atomic E-state index is -2.96. The number of fused-ring (bicyclic) bond motifs is 1. The number of thioether (sulfide) groups is 1. The van der Waals surface area contributed by atoms with Gasteiger partial charge in [0.05, 0.1) is 27.9 Å². The molecule has 0 saturated heterocycles. The lowest BCUT2D eigenvalue weighted by Gasteiger charge is -2.14. The molecule has 0 saturated carbocycles. The molecule has 0 unspecified atom stereocenters. The number of nitriles is 1. The average molecular weight is 485 g/mol. The van der Waals surface area contributed by atoms with E-state index in [2.05, 4.69) is 15.0 Å². The van der Waals surface area contributed by atoms with Crippen LogP contribution in [-0.4, -0.2) is 27.8 Å². The SMILES string of the molecule is N#Cc1ccsc1NC(=O)CSc1nc2ccccc2c(=O)n1-c1ccc(OC(F)F)cc1. The van der Waals surface area contributed by atoms with Crippen LogP contribution >= 0.6 is 23.1 Å². The van der Waals surface area contributed by atoms with Crippen LogP contribution in [0.1, 0.15) is 5.56 Å². The normalized spacial score (nSPS) is 10.8. The van der Waals surface area contributed by atoms with Crippen molar-refractivity contribution < 1.29 is 18.3 Å². The molecule has 33 heavy (non-hydrogen) atoms. The fourth-order valence-electron chi connectivity index (χ4n) is 3.00. The first-order valence-corrected chi connectivity index (χ1v) is 11.3. The summed E-state index contributed by atoms with van der Waals surface area (Å²) in [6.07, 6.45) is 0. The number of para-hydroxylation sites is 1. The van der Waals surface area contributed by atoms with E-state index in [1.54, 1.807) is 35.7 Å². The second kappa shape index (κ2) is 9.81. The second-order valence-corrected chi connectivity index (χ2v) is 8.40. The third kappa shape index (κ3) is 5.02. The van der Waals surface area contributed by atoms with Gasteiger partial charge in [0, 0.05) is 0 Å². The number of hydrogen-bond donors (Lipinski definition) is 1. The van der Waals surface area contributed by atoms with E-state index >= 15 is 0 Å². The monoisotopic (exact) mass is 484 g/mol. The maximum absolute atomic E-state index is 13.2. The Kier molecular flexibility index (Phi) is 6.67. The zero-order valence-corrected chi connectivity index (χ0v) is 18.3. The van der Waals surface area contributed by atoms with Crippen molar-refractivity contribution in [1.82, 2.24) is 9.55 Å². The van der Waals surface area contributed by atoms with E-state index in [1.165, 1.54) is 40.2 Å². The van der Waals surface area contributed by atoms with E-state index in [0.717, 1.165) is 11.8 Å². The van der Waals surface area contributed by atoms with Crippen molar-refractivity contribution in [2.45, 2.75) is 11.8 Å². The highest BCUT2D eigenvalue weighted by atomic mass is 32.2. The third-order valence-corrected chi connectivity index (χ3v) is 6.20. The summed E-state index contributed by atoms with van der Waals surface area (Å²) in [6.45, 7) is -2.96. The van der Waals surface area contributed by atoms with Gasteiger partial charge in [0.1, 0.15) is 16.8 Å². The molecule has 0 radical (unpaired) electrons. The van der Waals surface area contributed by atoms with Crippen molar-refractivity contribution in [3.8, 4) is 17.5 Å². The van der Waals surface area contributed by atoms with Crippen molar-refractivity contribution in [3.05, 3.63) is 75.9 Å². The van der Waals surface area contributed by atoms with E-state index in [4.69, 9.17) is 5.26 Å². The number of aromatic nitrogens is 2. The lowest BCUT2D eigenvalue weighted by molar-refractivity contribution is -0.113. The van der Waals surface area contributed by atoms with Gasteiger partial charge in [-0.2, -0.15) is 14.0 Å². The molecule has 0 spiro atoms. The highest BCUT2D eigenvalue weighted by Crippen LogP contribution is 2.25. The van der Waals surface area contributed by atoms with Crippen LogP contribution in [-0.2, 0) is 4.79 Å². The Labute approximate surface area is 194 Å². The molecule has 2 aromatic heterocycles. The number of carbonyl (C=O) groups is 1. The van der Waals surface area contributed by atoms with Gasteiger partial charge in [-0.3, -0.25) is 14.2 Å². The number of nitrogens with one attached hydrogen (secondary N) is 1. The number of nitrogens with zero attached hydrogens (tertiary/aromatic N) is 3. The molecular formula is C22H14F2N4O3S2. The molecular weight excluding hydrogens is 470 g/mol. The first-order valence-electron chi connectivity index (χ1n) is 9.43. The van der Waals surface area contributed by atoms with Gasteiger partial charge in [-0.25, -0.2) is 4.98 Å². The summed E-state index contributed by atoms with van der Waals surface area (Å²) in [7, 11) is 0.